The number of nitrogens with one attached hydrogen (secondary N) is 5. The second-order valence-corrected chi connectivity index (χ2v) is 13.9. The van der Waals surface area contributed by atoms with Gasteiger partial charge in [-0.15, -0.1) is 0 Å². The highest BCUT2D eigenvalue weighted by Crippen LogP contribution is 2.29. The van der Waals surface area contributed by atoms with Gasteiger partial charge in [0.15, 0.2) is 0 Å². The standard InChI is InChI=1S/C41H54N6O8/c1-27-23-32(38(48)43-15-16-53-19-20-55-22-21-54-18-17-52-2)11-13-34(27)30-7-3-28(4-8-30)24-37(45-39(49)31-9-5-29(26-42)6-10-31)41(51)44-33-12-14-35-36(25-33)46-47-40(35)50/h3-4,7-8,11-14,23,25,29,31,37H,5-6,9-10,15-22,24,26,42H2,1-2H3,(H,43,48)(H,44,51)(H,45,49)(H2,46,47,50)/t29?,31?,37-/m0/s1. The van der Waals surface area contributed by atoms with Crippen molar-refractivity contribution in [1.82, 2.24) is 20.8 Å². The van der Waals surface area contributed by atoms with E-state index >= 15 is 0 Å². The number of aryl methyl sites for hydroxylation is 1. The zero-order valence-corrected chi connectivity index (χ0v) is 31.7. The molecule has 0 spiro atoms. The molecule has 1 aliphatic rings. The van der Waals surface area contributed by atoms with Gasteiger partial charge in [-0.05, 0) is 97.7 Å². The van der Waals surface area contributed by atoms with Crippen LogP contribution in [0.15, 0.2) is 65.5 Å². The fourth-order valence-electron chi connectivity index (χ4n) is 6.71. The minimum Gasteiger partial charge on any atom is -0.382 e. The Balaban J connectivity index is 1.14. The van der Waals surface area contributed by atoms with E-state index in [0.29, 0.717) is 87.4 Å². The Hall–Kier alpha value is -4.86. The van der Waals surface area contributed by atoms with E-state index in [1.54, 1.807) is 31.4 Å². The highest BCUT2D eigenvalue weighted by atomic mass is 16.6. The fourth-order valence-corrected chi connectivity index (χ4v) is 6.71. The van der Waals surface area contributed by atoms with Crippen molar-refractivity contribution in [2.45, 2.75) is 45.1 Å². The molecule has 1 aromatic heterocycles. The van der Waals surface area contributed by atoms with Crippen LogP contribution < -0.4 is 27.2 Å². The third kappa shape index (κ3) is 12.3. The Kier molecular flexibility index (Phi) is 16.0. The Morgan fingerprint density at radius 3 is 2.20 bits per heavy atom. The van der Waals surface area contributed by atoms with E-state index in [1.165, 1.54) is 0 Å². The Morgan fingerprint density at radius 2 is 1.53 bits per heavy atom. The number of hydrogen-bond donors (Lipinski definition) is 6. The molecular weight excluding hydrogens is 704 g/mol. The van der Waals surface area contributed by atoms with Gasteiger partial charge in [-0.1, -0.05) is 30.3 Å². The molecule has 14 heteroatoms. The number of carbonyl (C=O) groups excluding carboxylic acids is 3. The molecule has 0 aliphatic heterocycles. The Morgan fingerprint density at radius 1 is 0.836 bits per heavy atom. The monoisotopic (exact) mass is 758 g/mol. The van der Waals surface area contributed by atoms with Crippen molar-refractivity contribution in [2.24, 2.45) is 17.6 Å². The van der Waals surface area contributed by atoms with Crippen LogP contribution in [0.4, 0.5) is 5.69 Å². The molecule has 1 heterocycles. The van der Waals surface area contributed by atoms with E-state index in [4.69, 9.17) is 24.7 Å². The molecule has 3 amide bonds. The van der Waals surface area contributed by atoms with E-state index in [-0.39, 0.29) is 35.6 Å². The molecule has 1 atom stereocenters. The van der Waals surface area contributed by atoms with Gasteiger partial charge in [-0.2, -0.15) is 0 Å². The summed E-state index contributed by atoms with van der Waals surface area (Å²) < 4.78 is 21.3. The predicted octanol–water partition coefficient (Wildman–Crippen LogP) is 3.69. The molecule has 7 N–H and O–H groups in total. The van der Waals surface area contributed by atoms with Gasteiger partial charge in [-0.3, -0.25) is 29.4 Å². The third-order valence-electron chi connectivity index (χ3n) is 9.93. The Bertz CT molecular complexity index is 1900. The van der Waals surface area contributed by atoms with Crippen LogP contribution in [0.5, 0.6) is 0 Å². The summed E-state index contributed by atoms with van der Waals surface area (Å²) in [6.45, 7) is 6.28. The molecule has 1 aliphatic carbocycles. The predicted molar refractivity (Wildman–Crippen MR) is 211 cm³/mol. The number of ether oxygens (including phenoxy) is 4. The third-order valence-corrected chi connectivity index (χ3v) is 9.93. The van der Waals surface area contributed by atoms with Gasteiger partial charge in [0.25, 0.3) is 11.5 Å². The van der Waals surface area contributed by atoms with Crippen LogP contribution in [-0.2, 0) is 35.0 Å². The number of aromatic nitrogens is 2. The first-order chi connectivity index (χ1) is 26.7. The van der Waals surface area contributed by atoms with Crippen molar-refractivity contribution in [3.63, 3.8) is 0 Å². The quantitative estimate of drug-likeness (QED) is 0.0687. The van der Waals surface area contributed by atoms with Gasteiger partial charge in [0, 0.05) is 37.2 Å². The SMILES string of the molecule is COCCOCCOCCOCCNC(=O)c1ccc(-c2ccc(C[C@H](NC(=O)C3CCC(CN)CC3)C(=O)Nc3ccc4c(=O)[nH][nH]c4c3)cc2)c(C)c1. The van der Waals surface area contributed by atoms with Crippen LogP contribution in [0.3, 0.4) is 0 Å². The number of amides is 3. The van der Waals surface area contributed by atoms with E-state index in [9.17, 15) is 19.2 Å². The molecule has 55 heavy (non-hydrogen) atoms. The molecule has 0 unspecified atom stereocenters. The van der Waals surface area contributed by atoms with Crippen LogP contribution in [-0.4, -0.2) is 100 Å². The van der Waals surface area contributed by atoms with Crippen LogP contribution in [0.1, 0.15) is 47.2 Å². The van der Waals surface area contributed by atoms with Crippen LogP contribution >= 0.6 is 0 Å². The van der Waals surface area contributed by atoms with E-state index in [2.05, 4.69) is 26.1 Å². The first kappa shape index (κ1) is 41.3. The minimum absolute atomic E-state index is 0.133. The second kappa shape index (κ2) is 21.3. The van der Waals surface area contributed by atoms with E-state index in [1.807, 2.05) is 43.3 Å². The maximum Gasteiger partial charge on any atom is 0.271 e. The van der Waals surface area contributed by atoms with Crippen molar-refractivity contribution >= 4 is 34.3 Å². The zero-order valence-electron chi connectivity index (χ0n) is 31.7. The lowest BCUT2D eigenvalue weighted by Crippen LogP contribution is -2.48. The van der Waals surface area contributed by atoms with Gasteiger partial charge < -0.3 is 40.6 Å². The molecule has 14 nitrogen and oxygen atoms in total. The summed E-state index contributed by atoms with van der Waals surface area (Å²) in [5.41, 5.74) is 11.0. The van der Waals surface area contributed by atoms with Crippen LogP contribution in [0.25, 0.3) is 22.0 Å². The van der Waals surface area contributed by atoms with Crippen molar-refractivity contribution in [3.05, 3.63) is 87.7 Å². The number of benzene rings is 3. The number of hydrogen-bond acceptors (Lipinski definition) is 9. The molecule has 4 aromatic rings. The van der Waals surface area contributed by atoms with Gasteiger partial charge in [-0.25, -0.2) is 0 Å². The molecule has 0 radical (unpaired) electrons. The lowest BCUT2D eigenvalue weighted by Gasteiger charge is -2.28. The second-order valence-electron chi connectivity index (χ2n) is 13.9. The number of aromatic amines is 2. The van der Waals surface area contributed by atoms with E-state index in [0.717, 1.165) is 47.9 Å². The van der Waals surface area contributed by atoms with Gasteiger partial charge in [0.2, 0.25) is 11.8 Å². The van der Waals surface area contributed by atoms with Crippen molar-refractivity contribution < 1.29 is 33.3 Å². The first-order valence-electron chi connectivity index (χ1n) is 19.0. The summed E-state index contributed by atoms with van der Waals surface area (Å²) >= 11 is 0. The normalized spacial score (nSPS) is 16.1. The van der Waals surface area contributed by atoms with Gasteiger partial charge in [0.05, 0.1) is 57.2 Å². The molecule has 5 rings (SSSR count). The number of carbonyl (C=O) groups is 3. The van der Waals surface area contributed by atoms with Crippen molar-refractivity contribution in [1.29, 1.82) is 0 Å². The van der Waals surface area contributed by atoms with Gasteiger partial charge in [0.1, 0.15) is 6.04 Å². The van der Waals surface area contributed by atoms with Crippen LogP contribution in [0, 0.1) is 18.8 Å². The van der Waals surface area contributed by atoms with E-state index < -0.39 is 6.04 Å². The Labute approximate surface area is 321 Å². The summed E-state index contributed by atoms with van der Waals surface area (Å²) in [6, 6.07) is 17.6. The maximum absolute atomic E-state index is 13.7. The smallest absolute Gasteiger partial charge is 0.271 e. The number of H-pyrrole nitrogens is 2. The molecule has 0 saturated heterocycles. The molecule has 1 fully saturated rings. The summed E-state index contributed by atoms with van der Waals surface area (Å²) in [6.07, 6.45) is 3.55. The minimum atomic E-state index is -0.832. The fraction of sp³-hybridized carbons (Fsp3) is 0.463. The number of fused-ring (bicyclic) bond motifs is 1. The number of rotatable bonds is 21. The summed E-state index contributed by atoms with van der Waals surface area (Å²) in [5, 5.41) is 14.7. The largest absolute Gasteiger partial charge is 0.382 e. The average Bonchev–Trinajstić information content (AvgIpc) is 3.57. The summed E-state index contributed by atoms with van der Waals surface area (Å²) in [7, 11) is 1.63. The summed E-state index contributed by atoms with van der Waals surface area (Å²) in [4.78, 5) is 51.9. The molecule has 3 aromatic carbocycles. The summed E-state index contributed by atoms with van der Waals surface area (Å²) in [5.74, 6) is -0.412. The number of nitrogens with two attached hydrogens (primary N) is 1. The highest BCUT2D eigenvalue weighted by Gasteiger charge is 2.29. The first-order valence-corrected chi connectivity index (χ1v) is 19.0. The van der Waals surface area contributed by atoms with Crippen molar-refractivity contribution in [3.8, 4) is 11.1 Å². The van der Waals surface area contributed by atoms with Crippen LogP contribution in [0.2, 0.25) is 0 Å². The topological polar surface area (TPSA) is 199 Å². The lowest BCUT2D eigenvalue weighted by atomic mass is 9.81. The van der Waals surface area contributed by atoms with Crippen molar-refractivity contribution in [2.75, 3.05) is 71.8 Å². The zero-order chi connectivity index (χ0) is 39.0. The number of anilines is 1. The van der Waals surface area contributed by atoms with Gasteiger partial charge >= 0.3 is 0 Å². The molecule has 296 valence electrons. The highest BCUT2D eigenvalue weighted by molar-refractivity contribution is 5.99. The molecule has 0 bridgehead atoms. The number of methoxy groups -OCH3 is 1. The lowest BCUT2D eigenvalue weighted by molar-refractivity contribution is -0.130. The maximum atomic E-state index is 13.7. The molecular formula is C41H54N6O8. The molecule has 1 saturated carbocycles. The average molecular weight is 759 g/mol.